The number of ether oxygens (including phenoxy) is 2. The van der Waals surface area contributed by atoms with Crippen LogP contribution >= 0.6 is 0 Å². The minimum absolute atomic E-state index is 0.0179. The number of anilines is 1. The van der Waals surface area contributed by atoms with E-state index < -0.39 is 11.9 Å². The Morgan fingerprint density at radius 2 is 1.95 bits per heavy atom. The molecule has 0 radical (unpaired) electrons. The Bertz CT molecular complexity index is 1130. The highest BCUT2D eigenvalue weighted by Gasteiger charge is 2.36. The minimum Gasteiger partial charge on any atom is -0.497 e. The van der Waals surface area contributed by atoms with Gasteiger partial charge in [0.1, 0.15) is 5.75 Å². The highest BCUT2D eigenvalue weighted by molar-refractivity contribution is 5.68. The van der Waals surface area contributed by atoms with Crippen LogP contribution in [0.3, 0.4) is 0 Å². The van der Waals surface area contributed by atoms with Crippen molar-refractivity contribution in [2.75, 3.05) is 44.8 Å². The van der Waals surface area contributed by atoms with Gasteiger partial charge in [-0.3, -0.25) is 9.69 Å². The molecule has 1 aromatic carbocycles. The van der Waals surface area contributed by atoms with Crippen LogP contribution in [0.15, 0.2) is 36.5 Å². The molecule has 39 heavy (non-hydrogen) atoms. The van der Waals surface area contributed by atoms with E-state index in [4.69, 9.17) is 9.47 Å². The van der Waals surface area contributed by atoms with Crippen molar-refractivity contribution >= 4 is 11.7 Å². The zero-order chi connectivity index (χ0) is 27.4. The van der Waals surface area contributed by atoms with Crippen molar-refractivity contribution in [3.05, 3.63) is 47.7 Å². The summed E-state index contributed by atoms with van der Waals surface area (Å²) >= 11 is 0. The van der Waals surface area contributed by atoms with Gasteiger partial charge >= 0.3 is 5.97 Å². The van der Waals surface area contributed by atoms with Gasteiger partial charge in [0.2, 0.25) is 5.88 Å². The zero-order valence-corrected chi connectivity index (χ0v) is 22.7. The molecule has 0 spiro atoms. The molecule has 3 fully saturated rings. The number of nitrogens with zero attached hydrogens (tertiary/aromatic N) is 3. The zero-order valence-electron chi connectivity index (χ0n) is 22.7. The lowest BCUT2D eigenvalue weighted by molar-refractivity contribution is -0.137. The summed E-state index contributed by atoms with van der Waals surface area (Å²) < 4.78 is 39.6. The molecule has 212 valence electrons. The predicted molar refractivity (Wildman–Crippen MR) is 145 cm³/mol. The molecule has 3 aliphatic rings. The van der Waals surface area contributed by atoms with E-state index in [2.05, 4.69) is 9.88 Å². The van der Waals surface area contributed by atoms with Gasteiger partial charge in [-0.1, -0.05) is 6.07 Å². The summed E-state index contributed by atoms with van der Waals surface area (Å²) in [6.07, 6.45) is 6.39. The molecule has 5 rings (SSSR count). The van der Waals surface area contributed by atoms with Gasteiger partial charge in [-0.25, -0.2) is 13.8 Å². The number of hydrogen-bond donors (Lipinski definition) is 1. The number of hydrogen-bond acceptors (Lipinski definition) is 6. The highest BCUT2D eigenvalue weighted by Crippen LogP contribution is 2.45. The maximum Gasteiger partial charge on any atom is 0.303 e. The van der Waals surface area contributed by atoms with E-state index in [0.717, 1.165) is 61.3 Å². The maximum absolute atomic E-state index is 14.0. The second-order valence-corrected chi connectivity index (χ2v) is 11.4. The molecule has 1 atom stereocenters. The Kier molecular flexibility index (Phi) is 8.54. The number of benzene rings is 1. The number of carboxylic acids is 1. The fraction of sp³-hybridized carbons (Fsp3) is 0.600. The van der Waals surface area contributed by atoms with Crippen molar-refractivity contribution < 1.29 is 28.2 Å². The van der Waals surface area contributed by atoms with Crippen LogP contribution in [0.4, 0.5) is 14.5 Å². The maximum atomic E-state index is 14.0. The molecule has 3 heterocycles. The molecule has 2 aromatic rings. The summed E-state index contributed by atoms with van der Waals surface area (Å²) in [5, 5.41) is 9.33. The first-order valence-corrected chi connectivity index (χ1v) is 14.1. The smallest absolute Gasteiger partial charge is 0.303 e. The number of aliphatic carboxylic acids is 1. The molecule has 9 heteroatoms. The van der Waals surface area contributed by atoms with Crippen LogP contribution in [0.2, 0.25) is 0 Å². The number of piperidine rings is 2. The molecule has 1 N–H and O–H groups in total. The lowest BCUT2D eigenvalue weighted by Gasteiger charge is -2.37. The van der Waals surface area contributed by atoms with Crippen molar-refractivity contribution in [3.8, 4) is 11.6 Å². The largest absolute Gasteiger partial charge is 0.497 e. The highest BCUT2D eigenvalue weighted by atomic mass is 19.3. The normalized spacial score (nSPS) is 20.9. The van der Waals surface area contributed by atoms with Crippen LogP contribution in [-0.2, 0) is 11.3 Å². The summed E-state index contributed by atoms with van der Waals surface area (Å²) in [4.78, 5) is 19.9. The first-order chi connectivity index (χ1) is 18.8. The summed E-state index contributed by atoms with van der Waals surface area (Å²) in [7, 11) is 1.64. The fourth-order valence-electron chi connectivity index (χ4n) is 6.04. The van der Waals surface area contributed by atoms with E-state index >= 15 is 0 Å². The number of pyridine rings is 1. The van der Waals surface area contributed by atoms with E-state index in [1.807, 2.05) is 35.2 Å². The molecule has 1 aromatic heterocycles. The van der Waals surface area contributed by atoms with Gasteiger partial charge < -0.3 is 19.5 Å². The van der Waals surface area contributed by atoms with Crippen LogP contribution in [-0.4, -0.2) is 66.8 Å². The molecule has 1 unspecified atom stereocenters. The third-order valence-electron chi connectivity index (χ3n) is 8.35. The van der Waals surface area contributed by atoms with Crippen molar-refractivity contribution in [2.24, 2.45) is 11.8 Å². The van der Waals surface area contributed by atoms with Crippen LogP contribution in [0.25, 0.3) is 0 Å². The molecular formula is C30H39F2N3O4. The summed E-state index contributed by atoms with van der Waals surface area (Å²) in [6.45, 7) is 3.26. The van der Waals surface area contributed by atoms with Gasteiger partial charge in [0.15, 0.2) is 0 Å². The van der Waals surface area contributed by atoms with Gasteiger partial charge in [0, 0.05) is 50.1 Å². The van der Waals surface area contributed by atoms with Crippen molar-refractivity contribution in [3.63, 3.8) is 0 Å². The third-order valence-corrected chi connectivity index (χ3v) is 8.35. The lowest BCUT2D eigenvalue weighted by Crippen LogP contribution is -2.42. The van der Waals surface area contributed by atoms with E-state index in [-0.39, 0.29) is 25.3 Å². The Balaban J connectivity index is 1.18. The SMILES string of the molecule is COc1ccc(CN2CCCC(F)(F)C2)c(N2CCC(COc3cc(C(CC(=O)O)C4CC4)ccn3)CC2)c1. The minimum atomic E-state index is -2.62. The molecule has 2 saturated heterocycles. The Morgan fingerprint density at radius 1 is 1.15 bits per heavy atom. The number of carbonyl (C=O) groups is 1. The van der Waals surface area contributed by atoms with E-state index in [1.54, 1.807) is 13.3 Å². The first-order valence-electron chi connectivity index (χ1n) is 14.1. The number of aromatic nitrogens is 1. The first kappa shape index (κ1) is 27.6. The molecule has 1 saturated carbocycles. The van der Waals surface area contributed by atoms with E-state index in [0.29, 0.717) is 43.8 Å². The van der Waals surface area contributed by atoms with Crippen molar-refractivity contribution in [1.82, 2.24) is 9.88 Å². The third kappa shape index (κ3) is 7.38. The second-order valence-electron chi connectivity index (χ2n) is 11.4. The predicted octanol–water partition coefficient (Wildman–Crippen LogP) is 5.59. The quantitative estimate of drug-likeness (QED) is 0.396. The van der Waals surface area contributed by atoms with Gasteiger partial charge in [-0.2, -0.15) is 0 Å². The summed E-state index contributed by atoms with van der Waals surface area (Å²) in [6, 6.07) is 9.76. The van der Waals surface area contributed by atoms with E-state index in [9.17, 15) is 18.7 Å². The number of rotatable bonds is 11. The lowest BCUT2D eigenvalue weighted by atomic mass is 9.92. The monoisotopic (exact) mass is 543 g/mol. The average molecular weight is 544 g/mol. The Labute approximate surface area is 229 Å². The molecule has 7 nitrogen and oxygen atoms in total. The van der Waals surface area contributed by atoms with Gasteiger partial charge in [0.05, 0.1) is 26.7 Å². The van der Waals surface area contributed by atoms with Gasteiger partial charge in [-0.05, 0) is 79.7 Å². The molecule has 1 aliphatic carbocycles. The number of methoxy groups -OCH3 is 1. The fourth-order valence-corrected chi connectivity index (χ4v) is 6.04. The molecular weight excluding hydrogens is 504 g/mol. The summed E-state index contributed by atoms with van der Waals surface area (Å²) in [5.74, 6) is -1.24. The average Bonchev–Trinajstić information content (AvgIpc) is 3.76. The van der Waals surface area contributed by atoms with E-state index in [1.165, 1.54) is 0 Å². The number of likely N-dealkylation sites (tertiary alicyclic amines) is 1. The van der Waals surface area contributed by atoms with Crippen LogP contribution in [0.5, 0.6) is 11.6 Å². The van der Waals surface area contributed by atoms with Crippen LogP contribution in [0, 0.1) is 11.8 Å². The number of carboxylic acid groups (broad SMARTS) is 1. The number of alkyl halides is 2. The van der Waals surface area contributed by atoms with Crippen molar-refractivity contribution in [2.45, 2.75) is 63.3 Å². The van der Waals surface area contributed by atoms with Crippen molar-refractivity contribution in [1.29, 1.82) is 0 Å². The second kappa shape index (κ2) is 12.1. The standard InChI is InChI=1S/C30H39F2N3O4/c1-38-25-6-5-24(18-34-12-2-10-30(31,32)20-34)27(16-25)35-13-8-21(9-14-35)19-39-28-15-23(7-11-33-28)26(17-29(36)37)22-3-4-22/h5-7,11,15-16,21-22,26H,2-4,8-10,12-14,17-20H2,1H3,(H,36,37). The Hall–Kier alpha value is -2.94. The molecule has 2 aliphatic heterocycles. The molecule has 0 bridgehead atoms. The molecule has 0 amide bonds. The number of halogens is 2. The van der Waals surface area contributed by atoms with Crippen LogP contribution < -0.4 is 14.4 Å². The van der Waals surface area contributed by atoms with Gasteiger partial charge in [0.25, 0.3) is 5.92 Å². The van der Waals surface area contributed by atoms with Gasteiger partial charge in [-0.15, -0.1) is 0 Å². The van der Waals surface area contributed by atoms with Crippen LogP contribution in [0.1, 0.15) is 62.0 Å². The Morgan fingerprint density at radius 3 is 2.64 bits per heavy atom. The topological polar surface area (TPSA) is 75.1 Å². The summed E-state index contributed by atoms with van der Waals surface area (Å²) in [5.41, 5.74) is 3.11.